The zero-order valence-corrected chi connectivity index (χ0v) is 12.8. The van der Waals surface area contributed by atoms with Crippen LogP contribution in [0.5, 0.6) is 0 Å². The van der Waals surface area contributed by atoms with Gasteiger partial charge in [-0.15, -0.1) is 0 Å². The van der Waals surface area contributed by atoms with Crippen molar-refractivity contribution in [3.8, 4) is 0 Å². The molecule has 0 aliphatic carbocycles. The minimum absolute atomic E-state index is 0.0149. The first kappa shape index (κ1) is 14.9. The summed E-state index contributed by atoms with van der Waals surface area (Å²) in [5.74, 6) is 1.61. The van der Waals surface area contributed by atoms with Crippen LogP contribution in [-0.4, -0.2) is 29.0 Å². The molecule has 1 aliphatic heterocycles. The largest absolute Gasteiger partial charge is 0.393 e. The molecule has 0 aromatic carbocycles. The first-order valence-electron chi connectivity index (χ1n) is 6.78. The second kappa shape index (κ2) is 5.66. The Morgan fingerprint density at radius 3 is 2.47 bits per heavy atom. The Balaban J connectivity index is 2.53. The van der Waals surface area contributed by atoms with Crippen LogP contribution in [0.2, 0.25) is 0 Å². The van der Waals surface area contributed by atoms with E-state index in [4.69, 9.17) is 18.0 Å². The highest BCUT2D eigenvalue weighted by molar-refractivity contribution is 7.80. The van der Waals surface area contributed by atoms with E-state index in [0.717, 1.165) is 24.8 Å². The summed E-state index contributed by atoms with van der Waals surface area (Å²) in [4.78, 5) is 3.25. The Bertz CT molecular complexity index is 275. The molecule has 0 amide bonds. The molecule has 0 bridgehead atoms. The molecule has 0 aromatic rings. The zero-order valence-electron chi connectivity index (χ0n) is 12.0. The van der Waals surface area contributed by atoms with Crippen molar-refractivity contribution in [1.29, 1.82) is 0 Å². The van der Waals surface area contributed by atoms with Crippen LogP contribution in [0, 0.1) is 17.3 Å². The molecule has 0 saturated carbocycles. The van der Waals surface area contributed by atoms with Crippen LogP contribution in [0.1, 0.15) is 47.5 Å². The van der Waals surface area contributed by atoms with Gasteiger partial charge in [0, 0.05) is 18.0 Å². The highest BCUT2D eigenvalue weighted by atomic mass is 32.1. The van der Waals surface area contributed by atoms with Gasteiger partial charge in [0.1, 0.15) is 0 Å². The Morgan fingerprint density at radius 1 is 1.35 bits per heavy atom. The number of hydrogen-bond donors (Lipinski definition) is 1. The monoisotopic (exact) mass is 256 g/mol. The van der Waals surface area contributed by atoms with Gasteiger partial charge in [0.25, 0.3) is 0 Å². The summed E-state index contributed by atoms with van der Waals surface area (Å²) in [6.45, 7) is 13.7. The van der Waals surface area contributed by atoms with Gasteiger partial charge in [0.05, 0.1) is 4.99 Å². The van der Waals surface area contributed by atoms with Crippen molar-refractivity contribution in [2.75, 3.05) is 13.1 Å². The zero-order chi connectivity index (χ0) is 13.2. The third-order valence-electron chi connectivity index (χ3n) is 4.41. The lowest BCUT2D eigenvalue weighted by Gasteiger charge is -2.42. The van der Waals surface area contributed by atoms with Crippen molar-refractivity contribution >= 4 is 17.2 Å². The van der Waals surface area contributed by atoms with Gasteiger partial charge >= 0.3 is 0 Å². The van der Waals surface area contributed by atoms with Gasteiger partial charge in [-0.25, -0.2) is 0 Å². The van der Waals surface area contributed by atoms with E-state index in [2.05, 4.69) is 39.5 Å². The number of hydrogen-bond acceptors (Lipinski definition) is 2. The van der Waals surface area contributed by atoms with Crippen molar-refractivity contribution < 1.29 is 0 Å². The SMILES string of the molecule is CC1CC(C)C(C)N(CCC(C)(C)C(N)=S)C1. The highest BCUT2D eigenvalue weighted by Crippen LogP contribution is 2.29. The van der Waals surface area contributed by atoms with Gasteiger partial charge in [-0.05, 0) is 38.1 Å². The average molecular weight is 256 g/mol. The Labute approximate surface area is 112 Å². The molecule has 2 nitrogen and oxygen atoms in total. The van der Waals surface area contributed by atoms with E-state index in [9.17, 15) is 0 Å². The molecule has 3 heteroatoms. The third kappa shape index (κ3) is 3.92. The van der Waals surface area contributed by atoms with Crippen LogP contribution in [0.4, 0.5) is 0 Å². The first-order chi connectivity index (χ1) is 7.74. The summed E-state index contributed by atoms with van der Waals surface area (Å²) >= 11 is 5.13. The molecular formula is C14H28N2S. The summed E-state index contributed by atoms with van der Waals surface area (Å²) in [6, 6.07) is 0.688. The van der Waals surface area contributed by atoms with Gasteiger partial charge in [-0.3, -0.25) is 0 Å². The summed E-state index contributed by atoms with van der Waals surface area (Å²) in [6.07, 6.45) is 2.42. The summed E-state index contributed by atoms with van der Waals surface area (Å²) in [7, 11) is 0. The number of nitrogens with zero attached hydrogens (tertiary/aromatic N) is 1. The number of thiocarbonyl (C=S) groups is 1. The standard InChI is InChI=1S/C14H28N2S/c1-10-8-11(2)12(3)16(9-10)7-6-14(4,5)13(15)17/h10-12H,6-9H2,1-5H3,(H2,15,17). The van der Waals surface area contributed by atoms with Crippen LogP contribution in [0.25, 0.3) is 0 Å². The summed E-state index contributed by atoms with van der Waals surface area (Å²) in [5, 5.41) is 0. The smallest absolute Gasteiger partial charge is 0.0784 e. The maximum Gasteiger partial charge on any atom is 0.0784 e. The topological polar surface area (TPSA) is 29.3 Å². The van der Waals surface area contributed by atoms with Crippen LogP contribution < -0.4 is 5.73 Å². The molecule has 0 aromatic heterocycles. The van der Waals surface area contributed by atoms with E-state index >= 15 is 0 Å². The van der Waals surface area contributed by atoms with Gasteiger partial charge in [-0.2, -0.15) is 0 Å². The molecule has 0 radical (unpaired) electrons. The highest BCUT2D eigenvalue weighted by Gasteiger charge is 2.30. The van der Waals surface area contributed by atoms with E-state index in [0.29, 0.717) is 11.0 Å². The van der Waals surface area contributed by atoms with E-state index in [1.807, 2.05) is 0 Å². The fourth-order valence-corrected chi connectivity index (χ4v) is 2.78. The Kier molecular flexibility index (Phi) is 4.96. The number of nitrogens with two attached hydrogens (primary N) is 1. The molecule has 100 valence electrons. The molecule has 1 aliphatic rings. The van der Waals surface area contributed by atoms with Gasteiger partial charge in [-0.1, -0.05) is 39.9 Å². The molecule has 1 saturated heterocycles. The van der Waals surface area contributed by atoms with E-state index in [1.54, 1.807) is 0 Å². The molecule has 1 fully saturated rings. The maximum atomic E-state index is 5.79. The van der Waals surface area contributed by atoms with E-state index < -0.39 is 0 Å². The molecule has 3 atom stereocenters. The van der Waals surface area contributed by atoms with Crippen molar-refractivity contribution in [3.63, 3.8) is 0 Å². The lowest BCUT2D eigenvalue weighted by atomic mass is 9.84. The van der Waals surface area contributed by atoms with Crippen LogP contribution in [0.3, 0.4) is 0 Å². The fraction of sp³-hybridized carbons (Fsp3) is 0.929. The molecule has 17 heavy (non-hydrogen) atoms. The first-order valence-corrected chi connectivity index (χ1v) is 7.19. The maximum absolute atomic E-state index is 5.79. The van der Waals surface area contributed by atoms with Gasteiger partial charge in [0.2, 0.25) is 0 Å². The lowest BCUT2D eigenvalue weighted by Crippen LogP contribution is -2.47. The predicted octanol–water partition coefficient (Wildman–Crippen LogP) is 3.06. The second-order valence-corrected chi connectivity index (χ2v) is 6.99. The van der Waals surface area contributed by atoms with Crippen LogP contribution >= 0.6 is 12.2 Å². The van der Waals surface area contributed by atoms with Gasteiger partial charge in [0.15, 0.2) is 0 Å². The minimum Gasteiger partial charge on any atom is -0.393 e. The average Bonchev–Trinajstić information content (AvgIpc) is 2.21. The number of likely N-dealkylation sites (tertiary alicyclic amines) is 1. The van der Waals surface area contributed by atoms with E-state index in [1.165, 1.54) is 13.0 Å². The second-order valence-electron chi connectivity index (χ2n) is 6.55. The van der Waals surface area contributed by atoms with Crippen molar-refractivity contribution in [1.82, 2.24) is 4.90 Å². The number of rotatable bonds is 4. The van der Waals surface area contributed by atoms with Crippen LogP contribution in [-0.2, 0) is 0 Å². The lowest BCUT2D eigenvalue weighted by molar-refractivity contribution is 0.0729. The predicted molar refractivity (Wildman–Crippen MR) is 79.2 cm³/mol. The van der Waals surface area contributed by atoms with Gasteiger partial charge < -0.3 is 10.6 Å². The van der Waals surface area contributed by atoms with E-state index in [-0.39, 0.29) is 5.41 Å². The molecule has 1 rings (SSSR count). The Morgan fingerprint density at radius 2 is 1.94 bits per heavy atom. The molecule has 0 spiro atoms. The van der Waals surface area contributed by atoms with Crippen molar-refractivity contribution in [3.05, 3.63) is 0 Å². The fourth-order valence-electron chi connectivity index (χ4n) is 2.67. The van der Waals surface area contributed by atoms with Crippen molar-refractivity contribution in [2.45, 2.75) is 53.5 Å². The minimum atomic E-state index is -0.0149. The van der Waals surface area contributed by atoms with Crippen LogP contribution in [0.15, 0.2) is 0 Å². The summed E-state index contributed by atoms with van der Waals surface area (Å²) in [5.41, 5.74) is 5.77. The molecule has 1 heterocycles. The third-order valence-corrected chi connectivity index (χ3v) is 4.96. The normalized spacial score (nSPS) is 31.5. The molecular weight excluding hydrogens is 228 g/mol. The quantitative estimate of drug-likeness (QED) is 0.784. The van der Waals surface area contributed by atoms with Crippen molar-refractivity contribution in [2.24, 2.45) is 23.0 Å². The number of piperidine rings is 1. The Hall–Kier alpha value is -0.150. The molecule has 2 N–H and O–H groups in total. The summed E-state index contributed by atoms with van der Waals surface area (Å²) < 4.78 is 0. The molecule has 3 unspecified atom stereocenters.